The Balaban J connectivity index is 1.47. The van der Waals surface area contributed by atoms with Crippen molar-refractivity contribution in [2.24, 2.45) is 5.92 Å². The standard InChI is InChI=1S/C32H52N2O5Si2/c1-31(2,3)40(8,9)36-20-23-16-24(18-26(23)39-41(10,11)32(4,5)6)37-28-19-29(34-21-33-28)38-30-25-15-13-12-14-22(25)17-27(30)35-7/h12-15,19,21,23-24,26-27,30H,16-18,20H2,1-11H3/t23-,24+,26-,27+,30-/m0/s1. The minimum atomic E-state index is -1.97. The van der Waals surface area contributed by atoms with Crippen molar-refractivity contribution in [2.75, 3.05) is 13.7 Å². The fraction of sp³-hybridized carbons (Fsp3) is 0.688. The van der Waals surface area contributed by atoms with E-state index in [1.807, 2.05) is 6.07 Å². The molecule has 0 radical (unpaired) electrons. The van der Waals surface area contributed by atoms with Gasteiger partial charge in [0.1, 0.15) is 18.5 Å². The van der Waals surface area contributed by atoms with Gasteiger partial charge in [0.15, 0.2) is 22.7 Å². The van der Waals surface area contributed by atoms with Crippen LogP contribution in [0.15, 0.2) is 36.7 Å². The van der Waals surface area contributed by atoms with E-state index in [-0.39, 0.29) is 40.4 Å². The largest absolute Gasteiger partial charge is 0.474 e. The highest BCUT2D eigenvalue weighted by molar-refractivity contribution is 6.74. The quantitative estimate of drug-likeness (QED) is 0.258. The second kappa shape index (κ2) is 12.1. The molecule has 41 heavy (non-hydrogen) atoms. The van der Waals surface area contributed by atoms with E-state index in [4.69, 9.17) is 23.1 Å². The normalized spacial score (nSPS) is 25.3. The van der Waals surface area contributed by atoms with E-state index >= 15 is 0 Å². The first-order valence-electron chi connectivity index (χ1n) is 15.1. The Morgan fingerprint density at radius 3 is 2.10 bits per heavy atom. The lowest BCUT2D eigenvalue weighted by atomic mass is 10.1. The zero-order valence-electron chi connectivity index (χ0n) is 27.1. The molecule has 0 amide bonds. The Labute approximate surface area is 250 Å². The lowest BCUT2D eigenvalue weighted by Gasteiger charge is -2.41. The molecule has 0 bridgehead atoms. The van der Waals surface area contributed by atoms with Crippen LogP contribution in [0.5, 0.6) is 11.8 Å². The fourth-order valence-electron chi connectivity index (χ4n) is 5.16. The Morgan fingerprint density at radius 2 is 1.46 bits per heavy atom. The van der Waals surface area contributed by atoms with E-state index in [1.165, 1.54) is 11.9 Å². The minimum Gasteiger partial charge on any atom is -0.474 e. The van der Waals surface area contributed by atoms with Crippen molar-refractivity contribution in [1.29, 1.82) is 0 Å². The maximum atomic E-state index is 6.99. The molecule has 1 fully saturated rings. The highest BCUT2D eigenvalue weighted by Crippen LogP contribution is 2.43. The molecule has 228 valence electrons. The number of aromatic nitrogens is 2. The molecule has 0 N–H and O–H groups in total. The summed E-state index contributed by atoms with van der Waals surface area (Å²) >= 11 is 0. The Morgan fingerprint density at radius 1 is 0.829 bits per heavy atom. The van der Waals surface area contributed by atoms with Crippen molar-refractivity contribution < 1.29 is 23.1 Å². The lowest BCUT2D eigenvalue weighted by Crippen LogP contribution is -2.46. The molecule has 0 saturated heterocycles. The molecule has 7 nitrogen and oxygen atoms in total. The smallest absolute Gasteiger partial charge is 0.220 e. The van der Waals surface area contributed by atoms with Crippen LogP contribution in [0.2, 0.25) is 36.3 Å². The van der Waals surface area contributed by atoms with Crippen molar-refractivity contribution in [3.05, 3.63) is 47.8 Å². The maximum absolute atomic E-state index is 6.99. The molecule has 0 unspecified atom stereocenters. The summed E-state index contributed by atoms with van der Waals surface area (Å²) in [5, 5.41) is 0.297. The molecule has 1 saturated carbocycles. The van der Waals surface area contributed by atoms with E-state index < -0.39 is 16.6 Å². The van der Waals surface area contributed by atoms with Crippen LogP contribution in [0.25, 0.3) is 0 Å². The summed E-state index contributed by atoms with van der Waals surface area (Å²) in [6.07, 6.45) is 3.84. The maximum Gasteiger partial charge on any atom is 0.220 e. The molecule has 1 aromatic carbocycles. The minimum absolute atomic E-state index is 0.0144. The van der Waals surface area contributed by atoms with Crippen LogP contribution in [0, 0.1) is 5.92 Å². The highest BCUT2D eigenvalue weighted by Gasteiger charge is 2.46. The third-order valence-corrected chi connectivity index (χ3v) is 18.9. The predicted molar refractivity (Wildman–Crippen MR) is 169 cm³/mol. The van der Waals surface area contributed by atoms with E-state index in [0.29, 0.717) is 18.4 Å². The highest BCUT2D eigenvalue weighted by atomic mass is 28.4. The molecule has 9 heteroatoms. The zero-order valence-corrected chi connectivity index (χ0v) is 29.1. The first kappa shape index (κ1) is 32.1. The fourth-order valence-corrected chi connectivity index (χ4v) is 7.62. The van der Waals surface area contributed by atoms with Crippen LogP contribution in [0.1, 0.15) is 71.6 Å². The number of fused-ring (bicyclic) bond motifs is 1. The van der Waals surface area contributed by atoms with E-state index in [2.05, 4.69) is 95.9 Å². The number of methoxy groups -OCH3 is 1. The number of hydrogen-bond donors (Lipinski definition) is 0. The Hall–Kier alpha value is -1.79. The number of benzene rings is 1. The molecular weight excluding hydrogens is 549 g/mol. The van der Waals surface area contributed by atoms with Gasteiger partial charge in [0, 0.05) is 32.5 Å². The number of hydrogen-bond acceptors (Lipinski definition) is 7. The van der Waals surface area contributed by atoms with Crippen molar-refractivity contribution >= 4 is 16.6 Å². The number of rotatable bonds is 10. The van der Waals surface area contributed by atoms with Gasteiger partial charge in [0.25, 0.3) is 0 Å². The molecule has 0 aliphatic heterocycles. The molecule has 5 atom stereocenters. The van der Waals surface area contributed by atoms with Crippen molar-refractivity contribution in [3.8, 4) is 11.8 Å². The third-order valence-electron chi connectivity index (χ3n) is 9.88. The van der Waals surface area contributed by atoms with Gasteiger partial charge in [-0.05, 0) is 53.8 Å². The average molecular weight is 601 g/mol. The number of nitrogens with zero attached hydrogens (tertiary/aromatic N) is 2. The van der Waals surface area contributed by atoms with Gasteiger partial charge in [-0.15, -0.1) is 0 Å². The molecule has 0 spiro atoms. The van der Waals surface area contributed by atoms with Gasteiger partial charge in [-0.25, -0.2) is 9.97 Å². The summed E-state index contributed by atoms with van der Waals surface area (Å²) in [6.45, 7) is 23.7. The van der Waals surface area contributed by atoms with Gasteiger partial charge >= 0.3 is 0 Å². The van der Waals surface area contributed by atoms with Gasteiger partial charge in [0.2, 0.25) is 11.8 Å². The number of ether oxygens (including phenoxy) is 3. The molecule has 1 heterocycles. The van der Waals surface area contributed by atoms with Crippen LogP contribution in [0.4, 0.5) is 0 Å². The van der Waals surface area contributed by atoms with Crippen LogP contribution in [-0.4, -0.2) is 58.6 Å². The topological polar surface area (TPSA) is 71.9 Å². The first-order chi connectivity index (χ1) is 19.0. The monoisotopic (exact) mass is 600 g/mol. The van der Waals surface area contributed by atoms with Crippen molar-refractivity contribution in [3.63, 3.8) is 0 Å². The molecule has 4 rings (SSSR count). The van der Waals surface area contributed by atoms with E-state index in [1.54, 1.807) is 13.2 Å². The van der Waals surface area contributed by atoms with Crippen molar-refractivity contribution in [2.45, 2.75) is 121 Å². The van der Waals surface area contributed by atoms with E-state index in [9.17, 15) is 0 Å². The first-order valence-corrected chi connectivity index (χ1v) is 20.9. The second-order valence-corrected chi connectivity index (χ2v) is 24.4. The summed E-state index contributed by atoms with van der Waals surface area (Å²) in [5.41, 5.74) is 2.39. The van der Waals surface area contributed by atoms with E-state index in [0.717, 1.165) is 24.8 Å². The molecule has 2 aliphatic carbocycles. The van der Waals surface area contributed by atoms with Gasteiger partial charge in [0.05, 0.1) is 12.2 Å². The van der Waals surface area contributed by atoms with Gasteiger partial charge in [-0.2, -0.15) is 0 Å². The molecule has 2 aromatic rings. The summed E-state index contributed by atoms with van der Waals surface area (Å²) in [4.78, 5) is 8.84. The third kappa shape index (κ3) is 7.41. The van der Waals surface area contributed by atoms with Gasteiger partial charge in [-0.1, -0.05) is 65.8 Å². The molecule has 1 aromatic heterocycles. The van der Waals surface area contributed by atoms with Gasteiger partial charge < -0.3 is 23.1 Å². The van der Waals surface area contributed by atoms with Crippen LogP contribution >= 0.6 is 0 Å². The summed E-state index contributed by atoms with van der Waals surface area (Å²) in [7, 11) is -2.13. The molecule has 2 aliphatic rings. The lowest BCUT2D eigenvalue weighted by molar-refractivity contribution is 0.0107. The SMILES string of the molecule is CO[C@@H]1Cc2ccccc2[C@@H]1Oc1cc(O[C@@H]2C[C@@H](CO[Si](C)(C)C(C)(C)C)[C@@H](O[Si](C)(C)C(C)(C)C)C2)ncn1. The predicted octanol–water partition coefficient (Wildman–Crippen LogP) is 7.74. The summed E-state index contributed by atoms with van der Waals surface area (Å²) < 4.78 is 32.3. The van der Waals surface area contributed by atoms with Crippen LogP contribution < -0.4 is 9.47 Å². The zero-order chi connectivity index (χ0) is 30.2. The van der Waals surface area contributed by atoms with Crippen molar-refractivity contribution in [1.82, 2.24) is 9.97 Å². The second-order valence-electron chi connectivity index (χ2n) is 14.9. The average Bonchev–Trinajstić information content (AvgIpc) is 3.41. The van der Waals surface area contributed by atoms with Crippen LogP contribution in [0.3, 0.4) is 0 Å². The van der Waals surface area contributed by atoms with Crippen LogP contribution in [-0.2, 0) is 20.0 Å². The molecular formula is C32H52N2O5Si2. The summed E-state index contributed by atoms with van der Waals surface area (Å²) in [6, 6.07) is 10.1. The summed E-state index contributed by atoms with van der Waals surface area (Å²) in [5.74, 6) is 1.29. The Kier molecular flexibility index (Phi) is 9.46. The van der Waals surface area contributed by atoms with Gasteiger partial charge in [-0.3, -0.25) is 0 Å². The Bertz CT molecular complexity index is 1180.